The van der Waals surface area contributed by atoms with E-state index in [1.54, 1.807) is 18.9 Å². The molecule has 3 rings (SSSR count). The summed E-state index contributed by atoms with van der Waals surface area (Å²) < 4.78 is 7.91. The standard InChI is InChI=1S/C22H29N3OS/c1-6-12-24(13-7-2)22-21(27-5)23-20-18(9-8-14-25(20)22)17-11-10-16(3)15-19(17)26-4/h8-11,14-15H,6-7,12-13H2,1-5H3. The lowest BCUT2D eigenvalue weighted by molar-refractivity contribution is 0.416. The number of anilines is 1. The number of imidazole rings is 1. The minimum Gasteiger partial charge on any atom is -0.496 e. The van der Waals surface area contributed by atoms with Crippen LogP contribution < -0.4 is 9.64 Å². The summed E-state index contributed by atoms with van der Waals surface area (Å²) in [4.78, 5) is 7.48. The van der Waals surface area contributed by atoms with Crippen LogP contribution in [0.2, 0.25) is 0 Å². The highest BCUT2D eigenvalue weighted by Crippen LogP contribution is 2.37. The van der Waals surface area contributed by atoms with Crippen molar-refractivity contribution in [3.05, 3.63) is 42.1 Å². The molecule has 0 aliphatic carbocycles. The van der Waals surface area contributed by atoms with Gasteiger partial charge in [0.1, 0.15) is 22.2 Å². The van der Waals surface area contributed by atoms with E-state index in [4.69, 9.17) is 9.72 Å². The molecule has 2 heterocycles. The van der Waals surface area contributed by atoms with Crippen LogP contribution in [-0.4, -0.2) is 35.8 Å². The van der Waals surface area contributed by atoms with Crippen LogP contribution in [0.15, 0.2) is 41.6 Å². The van der Waals surface area contributed by atoms with Crippen LogP contribution in [0.5, 0.6) is 5.75 Å². The van der Waals surface area contributed by atoms with Gasteiger partial charge in [-0.2, -0.15) is 0 Å². The van der Waals surface area contributed by atoms with Crippen LogP contribution in [0.1, 0.15) is 32.3 Å². The molecule has 2 aromatic heterocycles. The van der Waals surface area contributed by atoms with Gasteiger partial charge in [0.05, 0.1) is 7.11 Å². The van der Waals surface area contributed by atoms with Gasteiger partial charge in [0.25, 0.3) is 0 Å². The zero-order chi connectivity index (χ0) is 19.4. The first-order chi connectivity index (χ1) is 13.1. The number of nitrogens with zero attached hydrogens (tertiary/aromatic N) is 3. The van der Waals surface area contributed by atoms with Crippen LogP contribution in [0.3, 0.4) is 0 Å². The maximum absolute atomic E-state index is 5.66. The van der Waals surface area contributed by atoms with Gasteiger partial charge in [-0.15, -0.1) is 11.8 Å². The third kappa shape index (κ3) is 3.79. The maximum atomic E-state index is 5.66. The Morgan fingerprint density at radius 3 is 2.48 bits per heavy atom. The van der Waals surface area contributed by atoms with Gasteiger partial charge in [0.2, 0.25) is 0 Å². The Morgan fingerprint density at radius 1 is 1.11 bits per heavy atom. The van der Waals surface area contributed by atoms with Crippen molar-refractivity contribution in [1.29, 1.82) is 0 Å². The number of ether oxygens (including phenoxy) is 1. The summed E-state index contributed by atoms with van der Waals surface area (Å²) in [5.41, 5.74) is 4.35. The Kier molecular flexibility index (Phi) is 6.32. The quantitative estimate of drug-likeness (QED) is 0.469. The number of methoxy groups -OCH3 is 1. The number of pyridine rings is 1. The van der Waals surface area contributed by atoms with Crippen molar-refractivity contribution in [3.63, 3.8) is 0 Å². The minimum absolute atomic E-state index is 0.886. The van der Waals surface area contributed by atoms with E-state index in [2.05, 4.69) is 72.9 Å². The maximum Gasteiger partial charge on any atom is 0.147 e. The van der Waals surface area contributed by atoms with Crippen molar-refractivity contribution < 1.29 is 4.74 Å². The molecule has 0 saturated heterocycles. The molecule has 0 N–H and O–H groups in total. The van der Waals surface area contributed by atoms with Crippen LogP contribution in [-0.2, 0) is 0 Å². The van der Waals surface area contributed by atoms with E-state index in [0.717, 1.165) is 53.5 Å². The van der Waals surface area contributed by atoms with Crippen LogP contribution in [0.25, 0.3) is 16.8 Å². The lowest BCUT2D eigenvalue weighted by atomic mass is 10.0. The van der Waals surface area contributed by atoms with Gasteiger partial charge in [-0.1, -0.05) is 26.0 Å². The normalized spacial score (nSPS) is 11.1. The van der Waals surface area contributed by atoms with Gasteiger partial charge in [-0.05, 0) is 49.8 Å². The molecule has 0 spiro atoms. The van der Waals surface area contributed by atoms with Crippen LogP contribution in [0, 0.1) is 6.92 Å². The summed E-state index contributed by atoms with van der Waals surface area (Å²) in [6.07, 6.45) is 6.46. The first kappa shape index (κ1) is 19.6. The van der Waals surface area contributed by atoms with E-state index >= 15 is 0 Å². The molecule has 0 aliphatic heterocycles. The van der Waals surface area contributed by atoms with Crippen LogP contribution >= 0.6 is 11.8 Å². The third-order valence-electron chi connectivity index (χ3n) is 4.72. The van der Waals surface area contributed by atoms with Crippen molar-refractivity contribution >= 4 is 23.2 Å². The summed E-state index contributed by atoms with van der Waals surface area (Å²) in [7, 11) is 1.73. The minimum atomic E-state index is 0.886. The number of thioether (sulfide) groups is 1. The monoisotopic (exact) mass is 383 g/mol. The molecule has 0 unspecified atom stereocenters. The average molecular weight is 384 g/mol. The highest BCUT2D eigenvalue weighted by Gasteiger charge is 2.20. The van der Waals surface area contributed by atoms with Gasteiger partial charge >= 0.3 is 0 Å². The Hall–Kier alpha value is -2.14. The number of aryl methyl sites for hydroxylation is 1. The number of hydrogen-bond acceptors (Lipinski definition) is 4. The Morgan fingerprint density at radius 2 is 1.85 bits per heavy atom. The molecule has 27 heavy (non-hydrogen) atoms. The van der Waals surface area contributed by atoms with E-state index in [-0.39, 0.29) is 0 Å². The van der Waals surface area contributed by atoms with Gasteiger partial charge in [0, 0.05) is 30.4 Å². The average Bonchev–Trinajstić information content (AvgIpc) is 3.06. The molecule has 0 amide bonds. The molecule has 0 aliphatic rings. The zero-order valence-corrected chi connectivity index (χ0v) is 17.8. The molecule has 0 radical (unpaired) electrons. The van der Waals surface area contributed by atoms with E-state index in [1.807, 2.05) is 0 Å². The van der Waals surface area contributed by atoms with Crippen molar-refractivity contribution in [2.24, 2.45) is 0 Å². The molecule has 0 saturated carbocycles. The lowest BCUT2D eigenvalue weighted by Gasteiger charge is -2.24. The second kappa shape index (κ2) is 8.70. The molecule has 5 heteroatoms. The smallest absolute Gasteiger partial charge is 0.147 e. The van der Waals surface area contributed by atoms with Gasteiger partial charge in [-0.3, -0.25) is 4.40 Å². The van der Waals surface area contributed by atoms with E-state index in [9.17, 15) is 0 Å². The summed E-state index contributed by atoms with van der Waals surface area (Å²) in [6.45, 7) is 8.61. The SMILES string of the molecule is CCCN(CCC)c1c(SC)nc2c(-c3ccc(C)cc3OC)cccn12. The molecular formula is C22H29N3OS. The van der Waals surface area contributed by atoms with Crippen LogP contribution in [0.4, 0.5) is 5.82 Å². The summed E-state index contributed by atoms with van der Waals surface area (Å²) in [5, 5.41) is 1.08. The van der Waals surface area contributed by atoms with Crippen molar-refractivity contribution in [2.45, 2.75) is 38.6 Å². The van der Waals surface area contributed by atoms with Crippen molar-refractivity contribution in [3.8, 4) is 16.9 Å². The molecular weight excluding hydrogens is 354 g/mol. The highest BCUT2D eigenvalue weighted by molar-refractivity contribution is 7.98. The fourth-order valence-electron chi connectivity index (χ4n) is 3.55. The Labute approximate surface area is 166 Å². The number of benzene rings is 1. The predicted octanol–water partition coefficient (Wildman–Crippen LogP) is 5.67. The summed E-state index contributed by atoms with van der Waals surface area (Å²) in [5.74, 6) is 2.09. The number of aromatic nitrogens is 2. The van der Waals surface area contributed by atoms with Crippen molar-refractivity contribution in [1.82, 2.24) is 9.38 Å². The topological polar surface area (TPSA) is 29.8 Å². The fourth-order valence-corrected chi connectivity index (χ4v) is 4.14. The molecule has 1 aromatic carbocycles. The number of rotatable bonds is 8. The second-order valence-electron chi connectivity index (χ2n) is 6.75. The molecule has 3 aromatic rings. The number of hydrogen-bond donors (Lipinski definition) is 0. The first-order valence-corrected chi connectivity index (χ1v) is 10.8. The second-order valence-corrected chi connectivity index (χ2v) is 7.55. The van der Waals surface area contributed by atoms with Crippen molar-refractivity contribution in [2.75, 3.05) is 31.4 Å². The molecule has 0 atom stereocenters. The predicted molar refractivity (Wildman–Crippen MR) is 116 cm³/mol. The van der Waals surface area contributed by atoms with E-state index in [1.165, 1.54) is 11.4 Å². The largest absolute Gasteiger partial charge is 0.496 e. The molecule has 4 nitrogen and oxygen atoms in total. The summed E-state index contributed by atoms with van der Waals surface area (Å²) >= 11 is 1.71. The van der Waals surface area contributed by atoms with Gasteiger partial charge < -0.3 is 9.64 Å². The Balaban J connectivity index is 2.24. The fraction of sp³-hybridized carbons (Fsp3) is 0.409. The van der Waals surface area contributed by atoms with E-state index < -0.39 is 0 Å². The van der Waals surface area contributed by atoms with Gasteiger partial charge in [0.15, 0.2) is 0 Å². The Bertz CT molecular complexity index is 913. The highest BCUT2D eigenvalue weighted by atomic mass is 32.2. The summed E-state index contributed by atoms with van der Waals surface area (Å²) in [6, 6.07) is 10.6. The lowest BCUT2D eigenvalue weighted by Crippen LogP contribution is -2.26. The number of fused-ring (bicyclic) bond motifs is 1. The molecule has 0 fully saturated rings. The molecule has 144 valence electrons. The van der Waals surface area contributed by atoms with Gasteiger partial charge in [-0.25, -0.2) is 4.98 Å². The first-order valence-electron chi connectivity index (χ1n) is 9.59. The zero-order valence-electron chi connectivity index (χ0n) is 17.0. The molecule has 0 bridgehead atoms. The van der Waals surface area contributed by atoms with E-state index in [0.29, 0.717) is 0 Å². The third-order valence-corrected chi connectivity index (χ3v) is 5.38.